The van der Waals surface area contributed by atoms with Crippen LogP contribution in [0.2, 0.25) is 0 Å². The Bertz CT molecular complexity index is 1340. The molecule has 6 nitrogen and oxygen atoms in total. The monoisotopic (exact) mass is 419 g/mol. The van der Waals surface area contributed by atoms with Gasteiger partial charge in [-0.25, -0.2) is 15.0 Å². The summed E-state index contributed by atoms with van der Waals surface area (Å²) in [6, 6.07) is 27.1. The lowest BCUT2D eigenvalue weighted by Gasteiger charge is -2.17. The molecular weight excluding hydrogens is 398 g/mol. The summed E-state index contributed by atoms with van der Waals surface area (Å²) < 4.78 is 1.99. The highest BCUT2D eigenvalue weighted by molar-refractivity contribution is 5.97. The number of fused-ring (bicyclic) bond motifs is 1. The Kier molecular flexibility index (Phi) is 5.17. The highest BCUT2D eigenvalue weighted by Crippen LogP contribution is 2.27. The number of hydrogen-bond donors (Lipinski definition) is 1. The molecule has 0 aliphatic heterocycles. The summed E-state index contributed by atoms with van der Waals surface area (Å²) in [5, 5.41) is 2.92. The Morgan fingerprint density at radius 3 is 2.19 bits per heavy atom. The third kappa shape index (κ3) is 3.74. The topological polar surface area (TPSA) is 72.2 Å². The number of amides is 1. The van der Waals surface area contributed by atoms with Crippen molar-refractivity contribution in [2.24, 2.45) is 0 Å². The SMILES string of the molecule is Cc1nc2ccccn2c1-c1ccnc(NC(=O)C(c2ccccc2)c2ccccc2)n1. The number of aryl methyl sites for hydroxylation is 1. The molecule has 2 aromatic carbocycles. The number of nitrogens with one attached hydrogen (secondary N) is 1. The minimum Gasteiger partial charge on any atom is -0.298 e. The van der Waals surface area contributed by atoms with Gasteiger partial charge in [0.25, 0.3) is 0 Å². The number of pyridine rings is 1. The highest BCUT2D eigenvalue weighted by atomic mass is 16.2. The normalized spacial score (nSPS) is 11.1. The lowest BCUT2D eigenvalue weighted by molar-refractivity contribution is -0.116. The summed E-state index contributed by atoms with van der Waals surface area (Å²) in [6.07, 6.45) is 3.60. The maximum Gasteiger partial charge on any atom is 0.238 e. The molecule has 156 valence electrons. The van der Waals surface area contributed by atoms with Crippen LogP contribution in [-0.4, -0.2) is 25.3 Å². The van der Waals surface area contributed by atoms with Crippen molar-refractivity contribution in [3.63, 3.8) is 0 Å². The highest BCUT2D eigenvalue weighted by Gasteiger charge is 2.23. The maximum atomic E-state index is 13.4. The molecule has 0 spiro atoms. The summed E-state index contributed by atoms with van der Waals surface area (Å²) in [5.74, 6) is -0.397. The van der Waals surface area contributed by atoms with Crippen LogP contribution in [0.1, 0.15) is 22.7 Å². The molecule has 0 saturated carbocycles. The lowest BCUT2D eigenvalue weighted by Crippen LogP contribution is -2.23. The summed E-state index contributed by atoms with van der Waals surface area (Å²) in [4.78, 5) is 26.9. The summed E-state index contributed by atoms with van der Waals surface area (Å²) >= 11 is 0. The number of hydrogen-bond acceptors (Lipinski definition) is 4. The van der Waals surface area contributed by atoms with Gasteiger partial charge in [0.1, 0.15) is 5.65 Å². The van der Waals surface area contributed by atoms with E-state index in [-0.39, 0.29) is 11.9 Å². The Balaban J connectivity index is 1.49. The number of anilines is 1. The molecule has 0 atom stereocenters. The van der Waals surface area contributed by atoms with Crippen LogP contribution in [0.15, 0.2) is 97.3 Å². The number of benzene rings is 2. The third-order valence-corrected chi connectivity index (χ3v) is 5.37. The number of nitrogens with zero attached hydrogens (tertiary/aromatic N) is 4. The first-order chi connectivity index (χ1) is 15.7. The largest absolute Gasteiger partial charge is 0.298 e. The van der Waals surface area contributed by atoms with E-state index >= 15 is 0 Å². The molecule has 0 aliphatic rings. The van der Waals surface area contributed by atoms with Gasteiger partial charge in [0.05, 0.1) is 23.0 Å². The molecule has 1 N–H and O–H groups in total. The van der Waals surface area contributed by atoms with Crippen LogP contribution < -0.4 is 5.32 Å². The van der Waals surface area contributed by atoms with Crippen LogP contribution in [0.3, 0.4) is 0 Å². The van der Waals surface area contributed by atoms with Gasteiger partial charge in [-0.3, -0.25) is 14.5 Å². The van der Waals surface area contributed by atoms with Gasteiger partial charge in [0.15, 0.2) is 0 Å². The van der Waals surface area contributed by atoms with Crippen molar-refractivity contribution in [2.75, 3.05) is 5.32 Å². The van der Waals surface area contributed by atoms with E-state index in [0.29, 0.717) is 5.69 Å². The van der Waals surface area contributed by atoms with Crippen molar-refractivity contribution in [3.05, 3.63) is 114 Å². The second kappa shape index (κ2) is 8.43. The Morgan fingerprint density at radius 2 is 1.50 bits per heavy atom. The molecule has 0 unspecified atom stereocenters. The molecule has 32 heavy (non-hydrogen) atoms. The minimum absolute atomic E-state index is 0.186. The zero-order valence-electron chi connectivity index (χ0n) is 17.5. The van der Waals surface area contributed by atoms with Crippen LogP contribution in [0.25, 0.3) is 17.0 Å². The maximum absolute atomic E-state index is 13.4. The first kappa shape index (κ1) is 19.6. The quantitative estimate of drug-likeness (QED) is 0.441. The summed E-state index contributed by atoms with van der Waals surface area (Å²) in [7, 11) is 0. The molecule has 1 amide bonds. The number of carbonyl (C=O) groups is 1. The van der Waals surface area contributed by atoms with Gasteiger partial charge in [-0.05, 0) is 36.2 Å². The van der Waals surface area contributed by atoms with E-state index < -0.39 is 5.92 Å². The molecule has 0 aliphatic carbocycles. The van der Waals surface area contributed by atoms with Crippen LogP contribution >= 0.6 is 0 Å². The summed E-state index contributed by atoms with van der Waals surface area (Å²) in [6.45, 7) is 1.95. The van der Waals surface area contributed by atoms with Gasteiger partial charge in [-0.1, -0.05) is 66.7 Å². The first-order valence-electron chi connectivity index (χ1n) is 10.4. The van der Waals surface area contributed by atoms with Crippen molar-refractivity contribution in [3.8, 4) is 11.4 Å². The molecule has 5 aromatic rings. The molecule has 0 radical (unpaired) electrons. The second-order valence-corrected chi connectivity index (χ2v) is 7.48. The predicted molar refractivity (Wildman–Crippen MR) is 124 cm³/mol. The fourth-order valence-electron chi connectivity index (χ4n) is 3.94. The van der Waals surface area contributed by atoms with Crippen LogP contribution in [0.4, 0.5) is 5.95 Å². The smallest absolute Gasteiger partial charge is 0.238 e. The van der Waals surface area contributed by atoms with Crippen molar-refractivity contribution >= 4 is 17.5 Å². The van der Waals surface area contributed by atoms with E-state index in [2.05, 4.69) is 20.3 Å². The summed E-state index contributed by atoms with van der Waals surface area (Å²) in [5.41, 5.74) is 5.09. The number of rotatable bonds is 5. The zero-order valence-corrected chi connectivity index (χ0v) is 17.5. The minimum atomic E-state index is -0.470. The van der Waals surface area contributed by atoms with E-state index in [0.717, 1.165) is 28.2 Å². The van der Waals surface area contributed by atoms with Gasteiger partial charge in [0, 0.05) is 12.4 Å². The zero-order chi connectivity index (χ0) is 21.9. The fourth-order valence-corrected chi connectivity index (χ4v) is 3.94. The Morgan fingerprint density at radius 1 is 0.844 bits per heavy atom. The van der Waals surface area contributed by atoms with E-state index in [1.807, 2.05) is 102 Å². The third-order valence-electron chi connectivity index (χ3n) is 5.37. The van der Waals surface area contributed by atoms with Crippen LogP contribution in [0, 0.1) is 6.92 Å². The van der Waals surface area contributed by atoms with Crippen molar-refractivity contribution in [1.29, 1.82) is 0 Å². The van der Waals surface area contributed by atoms with E-state index in [1.54, 1.807) is 6.20 Å². The van der Waals surface area contributed by atoms with Crippen LogP contribution in [-0.2, 0) is 4.79 Å². The van der Waals surface area contributed by atoms with Gasteiger partial charge < -0.3 is 0 Å². The Labute approximate surface area is 185 Å². The fraction of sp³-hybridized carbons (Fsp3) is 0.0769. The second-order valence-electron chi connectivity index (χ2n) is 7.48. The standard InChI is InChI=1S/C26H21N5O/c1-18-24(31-17-9-8-14-22(31)28-18)21-15-16-27-26(29-21)30-25(32)23(19-10-4-2-5-11-19)20-12-6-3-7-13-20/h2-17,23H,1H3,(H,27,29,30,32). The number of carbonyl (C=O) groups excluding carboxylic acids is 1. The van der Waals surface area contributed by atoms with Gasteiger partial charge in [-0.15, -0.1) is 0 Å². The van der Waals surface area contributed by atoms with Gasteiger partial charge in [-0.2, -0.15) is 0 Å². The Hall–Kier alpha value is -4.32. The van der Waals surface area contributed by atoms with Crippen LogP contribution in [0.5, 0.6) is 0 Å². The van der Waals surface area contributed by atoms with Crippen molar-refractivity contribution in [2.45, 2.75) is 12.8 Å². The molecule has 0 bridgehead atoms. The van der Waals surface area contributed by atoms with E-state index in [9.17, 15) is 4.79 Å². The number of imidazole rings is 1. The van der Waals surface area contributed by atoms with Crippen molar-refractivity contribution in [1.82, 2.24) is 19.4 Å². The average Bonchev–Trinajstić information content (AvgIpc) is 3.16. The molecule has 6 heteroatoms. The van der Waals surface area contributed by atoms with E-state index in [1.165, 1.54) is 0 Å². The van der Waals surface area contributed by atoms with Gasteiger partial charge in [0.2, 0.25) is 11.9 Å². The molecule has 0 saturated heterocycles. The number of aromatic nitrogens is 4. The molecule has 3 aromatic heterocycles. The average molecular weight is 419 g/mol. The predicted octanol–water partition coefficient (Wildman–Crippen LogP) is 4.87. The lowest BCUT2D eigenvalue weighted by atomic mass is 9.90. The van der Waals surface area contributed by atoms with Gasteiger partial charge >= 0.3 is 0 Å². The van der Waals surface area contributed by atoms with E-state index in [4.69, 9.17) is 0 Å². The molecule has 0 fully saturated rings. The molecule has 3 heterocycles. The first-order valence-corrected chi connectivity index (χ1v) is 10.4. The molecular formula is C26H21N5O. The molecule has 5 rings (SSSR count). The van der Waals surface area contributed by atoms with Crippen molar-refractivity contribution < 1.29 is 4.79 Å².